The van der Waals surface area contributed by atoms with Gasteiger partial charge in [-0.2, -0.15) is 9.97 Å². The van der Waals surface area contributed by atoms with E-state index in [0.29, 0.717) is 38.3 Å². The zero-order valence-electron chi connectivity index (χ0n) is 19.3. The minimum atomic E-state index is -0.661. The third-order valence-electron chi connectivity index (χ3n) is 5.36. The molecule has 3 rings (SSSR count). The predicted molar refractivity (Wildman–Crippen MR) is 121 cm³/mol. The number of amides is 2. The lowest BCUT2D eigenvalue weighted by Gasteiger charge is -2.33. The Kier molecular flexibility index (Phi) is 8.22. The van der Waals surface area contributed by atoms with Crippen LogP contribution in [-0.2, 0) is 16.0 Å². The van der Waals surface area contributed by atoms with E-state index >= 15 is 0 Å². The molecule has 1 fully saturated rings. The first kappa shape index (κ1) is 24.0. The van der Waals surface area contributed by atoms with Gasteiger partial charge in [-0.15, -0.1) is 4.98 Å². The van der Waals surface area contributed by atoms with Crippen molar-refractivity contribution in [2.75, 3.05) is 39.3 Å². The molecule has 11 nitrogen and oxygen atoms in total. The molecule has 178 valence electrons. The molecular formula is C22H30N6O5. The second-order valence-electron chi connectivity index (χ2n) is 7.68. The zero-order valence-corrected chi connectivity index (χ0v) is 19.3. The van der Waals surface area contributed by atoms with Gasteiger partial charge >= 0.3 is 12.0 Å². The van der Waals surface area contributed by atoms with Gasteiger partial charge in [0.2, 0.25) is 17.8 Å². The fourth-order valence-corrected chi connectivity index (χ4v) is 3.63. The van der Waals surface area contributed by atoms with Crippen LogP contribution in [0.4, 0.5) is 5.95 Å². The van der Waals surface area contributed by atoms with Crippen LogP contribution < -0.4 is 29.7 Å². The standard InChI is InChI=1S/C22H30N6O5/c1-14(29)23-18(13-15-5-7-17(31-2)8-6-15)19(30)24-16-9-11-28(12-10-16)20-25-21(32-3)27-22(26-20)33-4/h5-8,16,18H,9-13H2,1-4H3,(H,23,29)(H,24,30). The van der Waals surface area contributed by atoms with Crippen LogP contribution in [-0.4, -0.2) is 73.3 Å². The van der Waals surface area contributed by atoms with Gasteiger partial charge in [-0.05, 0) is 30.5 Å². The number of piperidine rings is 1. The fourth-order valence-electron chi connectivity index (χ4n) is 3.63. The molecule has 0 spiro atoms. The average Bonchev–Trinajstić information content (AvgIpc) is 2.83. The topological polar surface area (TPSA) is 128 Å². The summed E-state index contributed by atoms with van der Waals surface area (Å²) in [5.41, 5.74) is 0.928. The molecular weight excluding hydrogens is 428 g/mol. The molecule has 1 atom stereocenters. The molecule has 1 aromatic carbocycles. The molecule has 2 heterocycles. The van der Waals surface area contributed by atoms with Crippen LogP contribution in [0.3, 0.4) is 0 Å². The Hall–Kier alpha value is -3.63. The Balaban J connectivity index is 1.59. The number of benzene rings is 1. The van der Waals surface area contributed by atoms with Gasteiger partial charge in [0.25, 0.3) is 0 Å². The first-order chi connectivity index (χ1) is 15.9. The van der Waals surface area contributed by atoms with Gasteiger partial charge in [0.1, 0.15) is 11.8 Å². The Morgan fingerprint density at radius 1 is 1.00 bits per heavy atom. The van der Waals surface area contributed by atoms with Gasteiger partial charge in [-0.25, -0.2) is 0 Å². The van der Waals surface area contributed by atoms with Gasteiger partial charge in [0.05, 0.1) is 21.3 Å². The van der Waals surface area contributed by atoms with E-state index in [9.17, 15) is 9.59 Å². The second kappa shape index (κ2) is 11.3. The van der Waals surface area contributed by atoms with Gasteiger partial charge in [0, 0.05) is 32.5 Å². The van der Waals surface area contributed by atoms with E-state index in [4.69, 9.17) is 14.2 Å². The summed E-state index contributed by atoms with van der Waals surface area (Å²) >= 11 is 0. The highest BCUT2D eigenvalue weighted by Crippen LogP contribution is 2.20. The highest BCUT2D eigenvalue weighted by molar-refractivity contribution is 5.87. The molecule has 1 saturated heterocycles. The van der Waals surface area contributed by atoms with Crippen molar-refractivity contribution in [3.8, 4) is 17.8 Å². The lowest BCUT2D eigenvalue weighted by molar-refractivity contribution is -0.128. The molecule has 1 aliphatic heterocycles. The number of ether oxygens (including phenoxy) is 3. The number of nitrogens with zero attached hydrogens (tertiary/aromatic N) is 4. The number of anilines is 1. The van der Waals surface area contributed by atoms with Crippen molar-refractivity contribution in [3.63, 3.8) is 0 Å². The molecule has 0 radical (unpaired) electrons. The van der Waals surface area contributed by atoms with E-state index in [2.05, 4.69) is 25.6 Å². The number of carbonyl (C=O) groups excluding carboxylic acids is 2. The molecule has 2 aromatic rings. The number of nitrogens with one attached hydrogen (secondary N) is 2. The number of methoxy groups -OCH3 is 3. The van der Waals surface area contributed by atoms with E-state index in [1.54, 1.807) is 7.11 Å². The molecule has 33 heavy (non-hydrogen) atoms. The molecule has 0 aliphatic carbocycles. The smallest absolute Gasteiger partial charge is 0.324 e. The highest BCUT2D eigenvalue weighted by atomic mass is 16.5. The molecule has 2 amide bonds. The summed E-state index contributed by atoms with van der Waals surface area (Å²) in [7, 11) is 4.57. The summed E-state index contributed by atoms with van der Waals surface area (Å²) in [5, 5.41) is 5.84. The largest absolute Gasteiger partial charge is 0.497 e. The molecule has 1 aliphatic rings. The number of hydrogen-bond acceptors (Lipinski definition) is 9. The molecule has 2 N–H and O–H groups in total. The van der Waals surface area contributed by atoms with E-state index in [1.807, 2.05) is 29.2 Å². The summed E-state index contributed by atoms with van der Waals surface area (Å²) in [4.78, 5) is 39.2. The fraction of sp³-hybridized carbons (Fsp3) is 0.500. The first-order valence-electron chi connectivity index (χ1n) is 10.7. The maximum atomic E-state index is 13.0. The molecule has 1 aromatic heterocycles. The number of hydrogen-bond donors (Lipinski definition) is 2. The predicted octanol–water partition coefficient (Wildman–Crippen LogP) is 0.730. The van der Waals surface area contributed by atoms with Crippen LogP contribution in [0.5, 0.6) is 17.8 Å². The van der Waals surface area contributed by atoms with Gasteiger partial charge in [-0.1, -0.05) is 12.1 Å². The van der Waals surface area contributed by atoms with Crippen LogP contribution in [0.1, 0.15) is 25.3 Å². The lowest BCUT2D eigenvalue weighted by Crippen LogP contribution is -2.52. The van der Waals surface area contributed by atoms with Crippen LogP contribution in [0.2, 0.25) is 0 Å². The monoisotopic (exact) mass is 458 g/mol. The summed E-state index contributed by atoms with van der Waals surface area (Å²) in [6.45, 7) is 2.69. The zero-order chi connectivity index (χ0) is 23.8. The van der Waals surface area contributed by atoms with Crippen molar-refractivity contribution in [2.45, 2.75) is 38.3 Å². The van der Waals surface area contributed by atoms with Crippen molar-refractivity contribution in [1.82, 2.24) is 25.6 Å². The van der Waals surface area contributed by atoms with Crippen molar-refractivity contribution < 1.29 is 23.8 Å². The Labute approximate surface area is 192 Å². The maximum absolute atomic E-state index is 13.0. The minimum absolute atomic E-state index is 0.0218. The van der Waals surface area contributed by atoms with Crippen molar-refractivity contribution in [2.24, 2.45) is 0 Å². The second-order valence-corrected chi connectivity index (χ2v) is 7.68. The first-order valence-corrected chi connectivity index (χ1v) is 10.7. The third-order valence-corrected chi connectivity index (χ3v) is 5.36. The SMILES string of the molecule is COc1ccc(CC(NC(C)=O)C(=O)NC2CCN(c3nc(OC)nc(OC)n3)CC2)cc1. The summed E-state index contributed by atoms with van der Waals surface area (Å²) in [5.74, 6) is 0.748. The Morgan fingerprint density at radius 2 is 1.61 bits per heavy atom. The number of carbonyl (C=O) groups is 2. The van der Waals surface area contributed by atoms with E-state index in [-0.39, 0.29) is 29.9 Å². The van der Waals surface area contributed by atoms with Gasteiger partial charge in [-0.3, -0.25) is 9.59 Å². The van der Waals surface area contributed by atoms with Crippen LogP contribution >= 0.6 is 0 Å². The molecule has 11 heteroatoms. The van der Waals surface area contributed by atoms with E-state index in [1.165, 1.54) is 21.1 Å². The van der Waals surface area contributed by atoms with Crippen LogP contribution in [0, 0.1) is 0 Å². The van der Waals surface area contributed by atoms with Gasteiger partial charge in [0.15, 0.2) is 0 Å². The average molecular weight is 459 g/mol. The normalized spacial score (nSPS) is 14.8. The number of aromatic nitrogens is 3. The third kappa shape index (κ3) is 6.67. The summed E-state index contributed by atoms with van der Waals surface area (Å²) in [6.07, 6.45) is 1.80. The maximum Gasteiger partial charge on any atom is 0.324 e. The van der Waals surface area contributed by atoms with E-state index < -0.39 is 6.04 Å². The van der Waals surface area contributed by atoms with Crippen LogP contribution in [0.15, 0.2) is 24.3 Å². The van der Waals surface area contributed by atoms with Crippen molar-refractivity contribution in [3.05, 3.63) is 29.8 Å². The quantitative estimate of drug-likeness (QED) is 0.559. The van der Waals surface area contributed by atoms with Crippen molar-refractivity contribution in [1.29, 1.82) is 0 Å². The van der Waals surface area contributed by atoms with Crippen molar-refractivity contribution >= 4 is 17.8 Å². The molecule has 1 unspecified atom stereocenters. The van der Waals surface area contributed by atoms with Gasteiger partial charge < -0.3 is 29.7 Å². The Bertz CT molecular complexity index is 925. The summed E-state index contributed by atoms with van der Waals surface area (Å²) < 4.78 is 15.4. The van der Waals surface area contributed by atoms with E-state index in [0.717, 1.165) is 11.3 Å². The lowest BCUT2D eigenvalue weighted by atomic mass is 10.0. The molecule has 0 saturated carbocycles. The number of rotatable bonds is 9. The minimum Gasteiger partial charge on any atom is -0.497 e. The summed E-state index contributed by atoms with van der Waals surface area (Å²) in [6, 6.07) is 7.12. The molecule has 0 bridgehead atoms. The van der Waals surface area contributed by atoms with Crippen LogP contribution in [0.25, 0.3) is 0 Å². The Morgan fingerprint density at radius 3 is 2.12 bits per heavy atom. The highest BCUT2D eigenvalue weighted by Gasteiger charge is 2.27.